The molecule has 6 nitrogen and oxygen atoms in total. The minimum absolute atomic E-state index is 0.165. The van der Waals surface area contributed by atoms with Crippen LogP contribution in [-0.2, 0) is 20.0 Å². The molecule has 0 radical (unpaired) electrons. The first-order valence-electron chi connectivity index (χ1n) is 5.92. The van der Waals surface area contributed by atoms with Gasteiger partial charge >= 0.3 is 0 Å². The molecule has 0 aromatic carbocycles. The van der Waals surface area contributed by atoms with Crippen LogP contribution in [0.4, 0.5) is 0 Å². The van der Waals surface area contributed by atoms with Crippen LogP contribution in [-0.4, -0.2) is 57.2 Å². The Balaban J connectivity index is 2.04. The summed E-state index contributed by atoms with van der Waals surface area (Å²) in [4.78, 5) is 0. The molecule has 0 spiro atoms. The summed E-state index contributed by atoms with van der Waals surface area (Å²) in [5.41, 5.74) is 0. The SMILES string of the molecule is O=S1(=O)CC(Cl)C(NS(=O)(=O)N2CCCCC2)C1. The number of rotatable bonds is 3. The Morgan fingerprint density at radius 3 is 2.22 bits per heavy atom. The number of sulfone groups is 1. The molecule has 2 saturated heterocycles. The molecule has 9 heteroatoms. The molecule has 0 aromatic heterocycles. The summed E-state index contributed by atoms with van der Waals surface area (Å²) in [6, 6.07) is -0.719. The van der Waals surface area contributed by atoms with Crippen molar-refractivity contribution in [1.29, 1.82) is 0 Å². The number of hydrogen-bond donors (Lipinski definition) is 1. The average molecular weight is 317 g/mol. The van der Waals surface area contributed by atoms with Crippen molar-refractivity contribution in [3.05, 3.63) is 0 Å². The van der Waals surface area contributed by atoms with Crippen molar-refractivity contribution < 1.29 is 16.8 Å². The largest absolute Gasteiger partial charge is 0.279 e. The third-order valence-electron chi connectivity index (χ3n) is 3.24. The highest BCUT2D eigenvalue weighted by Gasteiger charge is 2.39. The van der Waals surface area contributed by atoms with Crippen LogP contribution in [0.25, 0.3) is 0 Å². The van der Waals surface area contributed by atoms with Gasteiger partial charge in [0.2, 0.25) is 0 Å². The van der Waals surface area contributed by atoms with E-state index in [1.165, 1.54) is 4.31 Å². The predicted molar refractivity (Wildman–Crippen MR) is 69.6 cm³/mol. The zero-order chi connectivity index (χ0) is 13.4. The molecule has 0 aromatic rings. The molecule has 2 aliphatic heterocycles. The molecule has 106 valence electrons. The van der Waals surface area contributed by atoms with Crippen LogP contribution in [0, 0.1) is 0 Å². The Bertz CT molecular complexity index is 499. The first-order valence-corrected chi connectivity index (χ1v) is 9.62. The second-order valence-corrected chi connectivity index (χ2v) is 9.20. The Morgan fingerprint density at radius 1 is 1.11 bits per heavy atom. The molecule has 1 N–H and O–H groups in total. The molecule has 2 rings (SSSR count). The lowest BCUT2D eigenvalue weighted by molar-refractivity contribution is 0.339. The van der Waals surface area contributed by atoms with E-state index in [9.17, 15) is 16.8 Å². The van der Waals surface area contributed by atoms with Crippen molar-refractivity contribution in [2.75, 3.05) is 24.6 Å². The monoisotopic (exact) mass is 316 g/mol. The molecule has 0 aliphatic carbocycles. The van der Waals surface area contributed by atoms with E-state index in [1.54, 1.807) is 0 Å². The number of nitrogens with zero attached hydrogens (tertiary/aromatic N) is 1. The van der Waals surface area contributed by atoms with E-state index < -0.39 is 31.5 Å². The summed E-state index contributed by atoms with van der Waals surface area (Å²) in [5, 5.41) is -0.686. The lowest BCUT2D eigenvalue weighted by Gasteiger charge is -2.27. The van der Waals surface area contributed by atoms with Gasteiger partial charge in [-0.05, 0) is 12.8 Å². The highest BCUT2D eigenvalue weighted by atomic mass is 35.5. The summed E-state index contributed by atoms with van der Waals surface area (Å²) < 4.78 is 50.7. The minimum Gasteiger partial charge on any atom is -0.229 e. The van der Waals surface area contributed by atoms with E-state index in [2.05, 4.69) is 4.72 Å². The van der Waals surface area contributed by atoms with Gasteiger partial charge in [-0.3, -0.25) is 0 Å². The number of nitrogens with one attached hydrogen (secondary N) is 1. The molecule has 2 fully saturated rings. The summed E-state index contributed by atoms with van der Waals surface area (Å²) in [6.07, 6.45) is 2.71. The van der Waals surface area contributed by atoms with Gasteiger partial charge in [-0.1, -0.05) is 6.42 Å². The van der Waals surface area contributed by atoms with Crippen LogP contribution < -0.4 is 4.72 Å². The Morgan fingerprint density at radius 2 is 1.72 bits per heavy atom. The lowest BCUT2D eigenvalue weighted by Crippen LogP contribution is -2.49. The molecule has 18 heavy (non-hydrogen) atoms. The number of alkyl halides is 1. The van der Waals surface area contributed by atoms with E-state index in [1.807, 2.05) is 0 Å². The first-order chi connectivity index (χ1) is 8.30. The van der Waals surface area contributed by atoms with Gasteiger partial charge in [0, 0.05) is 13.1 Å². The lowest BCUT2D eigenvalue weighted by atomic mass is 10.2. The average Bonchev–Trinajstić information content (AvgIpc) is 2.52. The van der Waals surface area contributed by atoms with Crippen molar-refractivity contribution in [2.24, 2.45) is 0 Å². The van der Waals surface area contributed by atoms with E-state index in [4.69, 9.17) is 11.6 Å². The quantitative estimate of drug-likeness (QED) is 0.725. The van der Waals surface area contributed by atoms with Gasteiger partial charge < -0.3 is 0 Å². The minimum atomic E-state index is -3.62. The third-order valence-corrected chi connectivity index (χ3v) is 7.26. The topological polar surface area (TPSA) is 83.5 Å². The summed E-state index contributed by atoms with van der Waals surface area (Å²) in [7, 11) is -6.84. The second kappa shape index (κ2) is 5.24. The fourth-order valence-electron chi connectivity index (χ4n) is 2.28. The zero-order valence-corrected chi connectivity index (χ0v) is 12.3. The van der Waals surface area contributed by atoms with Gasteiger partial charge in [0.05, 0.1) is 22.9 Å². The Hall–Kier alpha value is 0.110. The zero-order valence-electron chi connectivity index (χ0n) is 9.88. The molecule has 2 heterocycles. The maximum Gasteiger partial charge on any atom is 0.279 e. The molecule has 2 atom stereocenters. The van der Waals surface area contributed by atoms with Crippen LogP contribution in [0.2, 0.25) is 0 Å². The first kappa shape index (κ1) is 14.5. The number of piperidine rings is 1. The van der Waals surface area contributed by atoms with Crippen molar-refractivity contribution in [1.82, 2.24) is 9.03 Å². The fourth-order valence-corrected chi connectivity index (χ4v) is 6.53. The van der Waals surface area contributed by atoms with Gasteiger partial charge in [0.15, 0.2) is 9.84 Å². The van der Waals surface area contributed by atoms with E-state index in [-0.39, 0.29) is 11.5 Å². The highest BCUT2D eigenvalue weighted by Crippen LogP contribution is 2.20. The molecule has 0 amide bonds. The summed E-state index contributed by atoms with van der Waals surface area (Å²) in [5.74, 6) is -0.379. The van der Waals surface area contributed by atoms with Crippen LogP contribution in [0.5, 0.6) is 0 Å². The molecular formula is C9H17ClN2O4S2. The molecule has 0 saturated carbocycles. The molecule has 2 aliphatic rings. The van der Waals surface area contributed by atoms with Gasteiger partial charge in [0.1, 0.15) is 0 Å². The van der Waals surface area contributed by atoms with Crippen LogP contribution in [0.3, 0.4) is 0 Å². The van der Waals surface area contributed by atoms with Crippen LogP contribution >= 0.6 is 11.6 Å². The normalized spacial score (nSPS) is 33.6. The Labute approximate surface area is 113 Å². The predicted octanol–water partition coefficient (Wildman–Crippen LogP) is -0.289. The van der Waals surface area contributed by atoms with Crippen molar-refractivity contribution in [3.8, 4) is 0 Å². The van der Waals surface area contributed by atoms with Gasteiger partial charge in [-0.2, -0.15) is 17.4 Å². The van der Waals surface area contributed by atoms with E-state index in [0.29, 0.717) is 13.1 Å². The standard InChI is InChI=1S/C9H17ClN2O4S2/c10-8-6-17(13,14)7-9(8)11-18(15,16)12-4-2-1-3-5-12/h8-9,11H,1-7H2. The number of hydrogen-bond acceptors (Lipinski definition) is 4. The maximum atomic E-state index is 12.1. The van der Waals surface area contributed by atoms with Crippen molar-refractivity contribution in [2.45, 2.75) is 30.7 Å². The van der Waals surface area contributed by atoms with Gasteiger partial charge in [-0.25, -0.2) is 8.42 Å². The van der Waals surface area contributed by atoms with Gasteiger partial charge in [0.25, 0.3) is 10.2 Å². The van der Waals surface area contributed by atoms with Crippen LogP contribution in [0.1, 0.15) is 19.3 Å². The third kappa shape index (κ3) is 3.36. The maximum absolute atomic E-state index is 12.1. The smallest absolute Gasteiger partial charge is 0.229 e. The van der Waals surface area contributed by atoms with Crippen LogP contribution in [0.15, 0.2) is 0 Å². The van der Waals surface area contributed by atoms with E-state index >= 15 is 0 Å². The van der Waals surface area contributed by atoms with E-state index in [0.717, 1.165) is 19.3 Å². The molecular weight excluding hydrogens is 300 g/mol. The fraction of sp³-hybridized carbons (Fsp3) is 1.00. The molecule has 0 bridgehead atoms. The van der Waals surface area contributed by atoms with Crippen molar-refractivity contribution >= 4 is 31.6 Å². The number of halogens is 1. The van der Waals surface area contributed by atoms with Gasteiger partial charge in [-0.15, -0.1) is 11.6 Å². The highest BCUT2D eigenvalue weighted by molar-refractivity contribution is 7.92. The van der Waals surface area contributed by atoms with Crippen molar-refractivity contribution in [3.63, 3.8) is 0 Å². The molecule has 2 unspecified atom stereocenters. The summed E-state index contributed by atoms with van der Waals surface area (Å²) in [6.45, 7) is 0.976. The summed E-state index contributed by atoms with van der Waals surface area (Å²) >= 11 is 5.88. The second-order valence-electron chi connectivity index (χ2n) is 4.78. The Kier molecular flexibility index (Phi) is 4.23.